The van der Waals surface area contributed by atoms with E-state index in [4.69, 9.17) is 4.74 Å². The van der Waals surface area contributed by atoms with Gasteiger partial charge in [-0.1, -0.05) is 42.5 Å². The van der Waals surface area contributed by atoms with Crippen molar-refractivity contribution in [1.29, 1.82) is 0 Å². The highest BCUT2D eigenvalue weighted by molar-refractivity contribution is 7.88. The predicted molar refractivity (Wildman–Crippen MR) is 117 cm³/mol. The van der Waals surface area contributed by atoms with Gasteiger partial charge in [0.25, 0.3) is 0 Å². The van der Waals surface area contributed by atoms with Gasteiger partial charge in [-0.2, -0.15) is 4.31 Å². The lowest BCUT2D eigenvalue weighted by molar-refractivity contribution is 0.383. The molecule has 0 N–H and O–H groups in total. The van der Waals surface area contributed by atoms with Gasteiger partial charge in [0.2, 0.25) is 10.0 Å². The average molecular weight is 425 g/mol. The van der Waals surface area contributed by atoms with Crippen molar-refractivity contribution in [1.82, 2.24) is 14.5 Å². The number of ether oxygens (including phenoxy) is 1. The number of methoxy groups -OCH3 is 1. The maximum Gasteiger partial charge on any atom is 0.218 e. The fourth-order valence-electron chi connectivity index (χ4n) is 3.57. The van der Waals surface area contributed by atoms with Crippen LogP contribution in [-0.2, 0) is 15.8 Å². The molecule has 30 heavy (non-hydrogen) atoms. The number of hydrogen-bond acceptors (Lipinski definition) is 6. The molecule has 1 saturated heterocycles. The fraction of sp³-hybridized carbons (Fsp3) is 0.273. The number of hydrogen-bond donors (Lipinski definition) is 0. The molecule has 0 saturated carbocycles. The Bertz CT molecular complexity index is 1080. The summed E-state index contributed by atoms with van der Waals surface area (Å²) in [6, 6.07) is 20.8. The monoisotopic (exact) mass is 424 g/mol. The van der Waals surface area contributed by atoms with Gasteiger partial charge in [-0.15, -0.1) is 10.2 Å². The summed E-state index contributed by atoms with van der Waals surface area (Å²) < 4.78 is 32.4. The van der Waals surface area contributed by atoms with Gasteiger partial charge < -0.3 is 9.64 Å². The minimum atomic E-state index is -3.34. The van der Waals surface area contributed by atoms with E-state index in [-0.39, 0.29) is 5.75 Å². The highest BCUT2D eigenvalue weighted by Gasteiger charge is 2.27. The van der Waals surface area contributed by atoms with Crippen molar-refractivity contribution in [3.63, 3.8) is 0 Å². The zero-order valence-corrected chi connectivity index (χ0v) is 17.6. The Balaban J connectivity index is 1.40. The molecule has 156 valence electrons. The SMILES string of the molecule is COc1ccccc1-c1ccc(N2CCN(S(=O)(=O)Cc3ccccc3)CC2)nn1. The summed E-state index contributed by atoms with van der Waals surface area (Å²) in [6.07, 6.45) is 0. The Kier molecular flexibility index (Phi) is 5.96. The van der Waals surface area contributed by atoms with E-state index in [1.807, 2.05) is 66.7 Å². The van der Waals surface area contributed by atoms with Gasteiger partial charge in [-0.25, -0.2) is 8.42 Å². The molecule has 7 nitrogen and oxygen atoms in total. The van der Waals surface area contributed by atoms with E-state index in [0.29, 0.717) is 26.2 Å². The maximum atomic E-state index is 12.7. The molecule has 0 spiro atoms. The van der Waals surface area contributed by atoms with Gasteiger partial charge in [-0.05, 0) is 29.8 Å². The third-order valence-corrected chi connectivity index (χ3v) is 7.03. The Hall–Kier alpha value is -2.97. The molecule has 2 heterocycles. The van der Waals surface area contributed by atoms with Crippen LogP contribution in [0.4, 0.5) is 5.82 Å². The Morgan fingerprint density at radius 3 is 2.23 bits per heavy atom. The first-order valence-corrected chi connectivity index (χ1v) is 11.4. The Morgan fingerprint density at radius 2 is 1.57 bits per heavy atom. The van der Waals surface area contributed by atoms with Crippen molar-refractivity contribution < 1.29 is 13.2 Å². The number of para-hydroxylation sites is 1. The molecular weight excluding hydrogens is 400 g/mol. The van der Waals surface area contributed by atoms with Crippen molar-refractivity contribution in [2.75, 3.05) is 38.2 Å². The van der Waals surface area contributed by atoms with Crippen molar-refractivity contribution in [3.05, 3.63) is 72.3 Å². The molecule has 0 atom stereocenters. The van der Waals surface area contributed by atoms with E-state index >= 15 is 0 Å². The van der Waals surface area contributed by atoms with Gasteiger partial charge in [0.1, 0.15) is 5.75 Å². The minimum Gasteiger partial charge on any atom is -0.496 e. The van der Waals surface area contributed by atoms with Crippen molar-refractivity contribution in [3.8, 4) is 17.0 Å². The molecule has 1 fully saturated rings. The van der Waals surface area contributed by atoms with Crippen LogP contribution in [0.5, 0.6) is 5.75 Å². The quantitative estimate of drug-likeness (QED) is 0.606. The van der Waals surface area contributed by atoms with E-state index in [1.165, 1.54) is 0 Å². The molecular formula is C22H24N4O3S. The number of nitrogens with zero attached hydrogens (tertiary/aromatic N) is 4. The topological polar surface area (TPSA) is 75.6 Å². The number of benzene rings is 2. The highest BCUT2D eigenvalue weighted by atomic mass is 32.2. The van der Waals surface area contributed by atoms with Gasteiger partial charge >= 0.3 is 0 Å². The van der Waals surface area contributed by atoms with Crippen LogP contribution in [0.15, 0.2) is 66.7 Å². The van der Waals surface area contributed by atoms with Crippen LogP contribution in [0.3, 0.4) is 0 Å². The lowest BCUT2D eigenvalue weighted by atomic mass is 10.1. The van der Waals surface area contributed by atoms with Crippen LogP contribution >= 0.6 is 0 Å². The van der Waals surface area contributed by atoms with Crippen LogP contribution in [0.1, 0.15) is 5.56 Å². The molecule has 4 rings (SSSR count). The van der Waals surface area contributed by atoms with E-state index in [0.717, 1.165) is 28.4 Å². The summed E-state index contributed by atoms with van der Waals surface area (Å²) in [4.78, 5) is 2.06. The maximum absolute atomic E-state index is 12.7. The van der Waals surface area contributed by atoms with Gasteiger partial charge in [0, 0.05) is 31.7 Å². The molecule has 3 aromatic rings. The molecule has 8 heteroatoms. The van der Waals surface area contributed by atoms with Gasteiger partial charge in [0.15, 0.2) is 5.82 Å². The number of piperazine rings is 1. The number of rotatable bonds is 6. The molecule has 0 aliphatic carbocycles. The zero-order chi connectivity index (χ0) is 21.0. The van der Waals surface area contributed by atoms with Crippen molar-refractivity contribution >= 4 is 15.8 Å². The Labute approximate surface area is 177 Å². The molecule has 2 aromatic carbocycles. The molecule has 1 aliphatic heterocycles. The van der Waals surface area contributed by atoms with Crippen LogP contribution < -0.4 is 9.64 Å². The van der Waals surface area contributed by atoms with Gasteiger partial charge in [0.05, 0.1) is 18.6 Å². The summed E-state index contributed by atoms with van der Waals surface area (Å²) in [5, 5.41) is 8.71. The predicted octanol–water partition coefficient (Wildman–Crippen LogP) is 2.80. The largest absolute Gasteiger partial charge is 0.496 e. The molecule has 0 unspecified atom stereocenters. The minimum absolute atomic E-state index is 0.0290. The second-order valence-corrected chi connectivity index (χ2v) is 9.07. The Morgan fingerprint density at radius 1 is 0.867 bits per heavy atom. The van der Waals surface area contributed by atoms with E-state index in [2.05, 4.69) is 15.1 Å². The van der Waals surface area contributed by atoms with E-state index in [1.54, 1.807) is 11.4 Å². The summed E-state index contributed by atoms with van der Waals surface area (Å²) in [5.74, 6) is 1.52. The first-order valence-electron chi connectivity index (χ1n) is 9.80. The molecule has 0 radical (unpaired) electrons. The molecule has 1 aliphatic rings. The van der Waals surface area contributed by atoms with Crippen LogP contribution in [0.25, 0.3) is 11.3 Å². The normalized spacial score (nSPS) is 15.2. The van der Waals surface area contributed by atoms with Gasteiger partial charge in [-0.3, -0.25) is 0 Å². The zero-order valence-electron chi connectivity index (χ0n) is 16.8. The van der Waals surface area contributed by atoms with Crippen molar-refractivity contribution in [2.45, 2.75) is 5.75 Å². The summed E-state index contributed by atoms with van der Waals surface area (Å²) in [6.45, 7) is 2.03. The summed E-state index contributed by atoms with van der Waals surface area (Å²) in [7, 11) is -1.70. The number of anilines is 1. The third kappa shape index (κ3) is 4.44. The lowest BCUT2D eigenvalue weighted by Gasteiger charge is -2.34. The molecule has 0 bridgehead atoms. The molecule has 1 aromatic heterocycles. The number of sulfonamides is 1. The standard InChI is InChI=1S/C22H24N4O3S/c1-29-21-10-6-5-9-19(21)20-11-12-22(24-23-20)25-13-15-26(16-14-25)30(27,28)17-18-7-3-2-4-8-18/h2-12H,13-17H2,1H3. The fourth-order valence-corrected chi connectivity index (χ4v) is 5.08. The van der Waals surface area contributed by atoms with E-state index < -0.39 is 10.0 Å². The van der Waals surface area contributed by atoms with E-state index in [9.17, 15) is 8.42 Å². The first-order chi connectivity index (χ1) is 14.6. The lowest BCUT2D eigenvalue weighted by Crippen LogP contribution is -2.49. The summed E-state index contributed by atoms with van der Waals surface area (Å²) in [5.41, 5.74) is 2.42. The average Bonchev–Trinajstić information content (AvgIpc) is 2.80. The summed E-state index contributed by atoms with van der Waals surface area (Å²) >= 11 is 0. The smallest absolute Gasteiger partial charge is 0.218 e. The second-order valence-electron chi connectivity index (χ2n) is 7.10. The highest BCUT2D eigenvalue weighted by Crippen LogP contribution is 2.28. The number of aromatic nitrogens is 2. The third-order valence-electron chi connectivity index (χ3n) is 5.18. The van der Waals surface area contributed by atoms with Crippen LogP contribution in [0, 0.1) is 0 Å². The van der Waals surface area contributed by atoms with Crippen LogP contribution in [0.2, 0.25) is 0 Å². The molecule has 0 amide bonds. The van der Waals surface area contributed by atoms with Crippen molar-refractivity contribution in [2.24, 2.45) is 0 Å². The van der Waals surface area contributed by atoms with Crippen LogP contribution in [-0.4, -0.2) is 56.2 Å². The first kappa shape index (κ1) is 20.3. The second kappa shape index (κ2) is 8.81.